The van der Waals surface area contributed by atoms with Gasteiger partial charge in [-0.15, -0.1) is 0 Å². The Hall–Kier alpha value is 0.910. The summed E-state index contributed by atoms with van der Waals surface area (Å²) < 4.78 is 33.6. The molecule has 0 radical (unpaired) electrons. The van der Waals surface area contributed by atoms with Gasteiger partial charge in [0.05, 0.1) is 10.1 Å². The van der Waals surface area contributed by atoms with Crippen molar-refractivity contribution in [1.82, 2.24) is 0 Å². The molecule has 0 aliphatic heterocycles. The monoisotopic (exact) mass is 314 g/mol. The molecule has 0 bridgehead atoms. The summed E-state index contributed by atoms with van der Waals surface area (Å²) in [6.45, 7) is 4.30. The van der Waals surface area contributed by atoms with E-state index in [0.29, 0.717) is 12.8 Å². The van der Waals surface area contributed by atoms with Crippen molar-refractivity contribution in [1.29, 1.82) is 0 Å². The first-order valence-electron chi connectivity index (χ1n) is 7.97. The Morgan fingerprint density at radius 3 is 1.50 bits per heavy atom. The summed E-state index contributed by atoms with van der Waals surface area (Å²) in [5.41, 5.74) is 0. The van der Waals surface area contributed by atoms with Crippen LogP contribution in [0.3, 0.4) is 0 Å². The van der Waals surface area contributed by atoms with Crippen molar-refractivity contribution in [2.45, 2.75) is 96.1 Å². The maximum Gasteiger partial charge on any atom is 1.00 e. The van der Waals surface area contributed by atoms with Gasteiger partial charge < -0.3 is 4.55 Å². The van der Waals surface area contributed by atoms with Crippen molar-refractivity contribution in [2.75, 3.05) is 0 Å². The third-order valence-corrected chi connectivity index (χ3v) is 4.96. The summed E-state index contributed by atoms with van der Waals surface area (Å²) in [6, 6.07) is 0. The van der Waals surface area contributed by atoms with Crippen LogP contribution in [0, 0.1) is 0 Å². The van der Waals surface area contributed by atoms with Crippen LogP contribution in [0.15, 0.2) is 0 Å². The van der Waals surface area contributed by atoms with Crippen LogP contribution in [0.25, 0.3) is 0 Å². The SMILES string of the molecule is CCCCCCCCC(CCCCCC)S(=O)(=O)[O-].[Na+]. The van der Waals surface area contributed by atoms with Crippen LogP contribution >= 0.6 is 0 Å². The summed E-state index contributed by atoms with van der Waals surface area (Å²) in [7, 11) is -4.10. The number of hydrogen-bond donors (Lipinski definition) is 0. The average Bonchev–Trinajstić information content (AvgIpc) is 2.34. The smallest absolute Gasteiger partial charge is 0.748 e. The van der Waals surface area contributed by atoms with Gasteiger partial charge in [0.25, 0.3) is 0 Å². The zero-order valence-corrected chi connectivity index (χ0v) is 16.5. The Morgan fingerprint density at radius 2 is 1.10 bits per heavy atom. The molecule has 0 aromatic rings. The van der Waals surface area contributed by atoms with Crippen LogP contribution in [-0.2, 0) is 10.1 Å². The zero-order valence-electron chi connectivity index (χ0n) is 13.7. The van der Waals surface area contributed by atoms with Crippen molar-refractivity contribution >= 4 is 10.1 Å². The van der Waals surface area contributed by atoms with Gasteiger partial charge in [-0.3, -0.25) is 0 Å². The van der Waals surface area contributed by atoms with Crippen LogP contribution in [0.5, 0.6) is 0 Å². The van der Waals surface area contributed by atoms with E-state index in [1.807, 2.05) is 0 Å². The molecule has 0 heterocycles. The first-order chi connectivity index (χ1) is 9.02. The third-order valence-electron chi connectivity index (χ3n) is 3.67. The van der Waals surface area contributed by atoms with E-state index < -0.39 is 15.4 Å². The molecule has 5 heteroatoms. The molecule has 0 fully saturated rings. The maximum absolute atomic E-state index is 11.2. The van der Waals surface area contributed by atoms with E-state index in [1.54, 1.807) is 0 Å². The van der Waals surface area contributed by atoms with E-state index in [2.05, 4.69) is 13.8 Å². The van der Waals surface area contributed by atoms with Gasteiger partial charge in [-0.1, -0.05) is 78.1 Å². The van der Waals surface area contributed by atoms with Gasteiger partial charge in [0.15, 0.2) is 0 Å². The molecule has 0 amide bonds. The topological polar surface area (TPSA) is 57.2 Å². The van der Waals surface area contributed by atoms with Gasteiger partial charge in [0.1, 0.15) is 0 Å². The summed E-state index contributed by atoms with van der Waals surface area (Å²) in [5.74, 6) is 0. The molecule has 0 aromatic heterocycles. The molecule has 0 aromatic carbocycles. The molecule has 0 saturated carbocycles. The molecule has 0 saturated heterocycles. The van der Waals surface area contributed by atoms with E-state index in [1.165, 1.54) is 19.3 Å². The maximum atomic E-state index is 11.2. The normalized spacial score (nSPS) is 12.9. The van der Waals surface area contributed by atoms with E-state index in [4.69, 9.17) is 0 Å². The summed E-state index contributed by atoms with van der Waals surface area (Å²) in [5, 5.41) is -0.643. The van der Waals surface area contributed by atoms with Gasteiger partial charge in [-0.2, -0.15) is 0 Å². The largest absolute Gasteiger partial charge is 1.00 e. The first-order valence-corrected chi connectivity index (χ1v) is 9.44. The summed E-state index contributed by atoms with van der Waals surface area (Å²) in [6.07, 6.45) is 12.1. The Morgan fingerprint density at radius 1 is 0.750 bits per heavy atom. The molecule has 0 aliphatic rings. The molecule has 0 rings (SSSR count). The Kier molecular flexibility index (Phi) is 17.2. The molecular weight excluding hydrogens is 283 g/mol. The van der Waals surface area contributed by atoms with Crippen molar-refractivity contribution in [2.24, 2.45) is 0 Å². The van der Waals surface area contributed by atoms with E-state index in [-0.39, 0.29) is 29.6 Å². The Bertz CT molecular complexity index is 291. The van der Waals surface area contributed by atoms with Gasteiger partial charge in [0, 0.05) is 5.25 Å². The van der Waals surface area contributed by atoms with Crippen molar-refractivity contribution in [3.05, 3.63) is 0 Å². The second kappa shape index (κ2) is 14.8. The fraction of sp³-hybridized carbons (Fsp3) is 1.00. The van der Waals surface area contributed by atoms with Crippen LogP contribution in [0.2, 0.25) is 0 Å². The number of rotatable bonds is 13. The molecule has 0 spiro atoms. The molecule has 1 unspecified atom stereocenters. The first kappa shape index (κ1) is 23.2. The van der Waals surface area contributed by atoms with E-state index in [9.17, 15) is 13.0 Å². The summed E-state index contributed by atoms with van der Waals surface area (Å²) in [4.78, 5) is 0. The predicted molar refractivity (Wildman–Crippen MR) is 80.2 cm³/mol. The molecule has 20 heavy (non-hydrogen) atoms. The van der Waals surface area contributed by atoms with Crippen LogP contribution < -0.4 is 29.6 Å². The van der Waals surface area contributed by atoms with Gasteiger partial charge in [-0.25, -0.2) is 8.42 Å². The van der Waals surface area contributed by atoms with Crippen molar-refractivity contribution in [3.8, 4) is 0 Å². The molecule has 0 aliphatic carbocycles. The van der Waals surface area contributed by atoms with Crippen molar-refractivity contribution in [3.63, 3.8) is 0 Å². The van der Waals surface area contributed by atoms with Crippen LogP contribution in [0.4, 0.5) is 0 Å². The average molecular weight is 314 g/mol. The third kappa shape index (κ3) is 13.9. The Labute approximate surface area is 148 Å². The fourth-order valence-electron chi connectivity index (χ4n) is 2.38. The van der Waals surface area contributed by atoms with Crippen LogP contribution in [-0.4, -0.2) is 18.2 Å². The fourth-order valence-corrected chi connectivity index (χ4v) is 3.29. The van der Waals surface area contributed by atoms with E-state index in [0.717, 1.165) is 44.9 Å². The molecule has 3 nitrogen and oxygen atoms in total. The van der Waals surface area contributed by atoms with Gasteiger partial charge in [-0.05, 0) is 12.8 Å². The van der Waals surface area contributed by atoms with Gasteiger partial charge >= 0.3 is 29.6 Å². The number of hydrogen-bond acceptors (Lipinski definition) is 3. The van der Waals surface area contributed by atoms with Gasteiger partial charge in [0.2, 0.25) is 0 Å². The molecule has 0 N–H and O–H groups in total. The molecule has 1 atom stereocenters. The number of unbranched alkanes of at least 4 members (excludes halogenated alkanes) is 8. The zero-order chi connectivity index (χ0) is 14.6. The molecular formula is C15H31NaO3S. The minimum atomic E-state index is -4.10. The summed E-state index contributed by atoms with van der Waals surface area (Å²) >= 11 is 0. The second-order valence-corrected chi connectivity index (χ2v) is 7.17. The van der Waals surface area contributed by atoms with E-state index >= 15 is 0 Å². The minimum absolute atomic E-state index is 0. The predicted octanol–water partition coefficient (Wildman–Crippen LogP) is 1.63. The van der Waals surface area contributed by atoms with Crippen molar-refractivity contribution < 1.29 is 42.5 Å². The second-order valence-electron chi connectivity index (χ2n) is 5.52. The standard InChI is InChI=1S/C15H32O3S.Na/c1-3-5-7-9-10-12-14-15(19(16,17)18)13-11-8-6-4-2;/h15H,3-14H2,1-2H3,(H,16,17,18);/q;+1/p-1. The Balaban J connectivity index is 0. The van der Waals surface area contributed by atoms with Crippen LogP contribution in [0.1, 0.15) is 90.9 Å². The minimum Gasteiger partial charge on any atom is -0.748 e. The molecule has 116 valence electrons. The quantitative estimate of drug-likeness (QED) is 0.295.